The molecular weight excluding hydrogens is 224 g/mol. The Balaban J connectivity index is 2.34. The molecule has 0 bridgehead atoms. The summed E-state index contributed by atoms with van der Waals surface area (Å²) < 4.78 is 0. The van der Waals surface area contributed by atoms with Crippen LogP contribution in [-0.4, -0.2) is 49.4 Å². The molecule has 1 amide bonds. The number of likely N-dealkylation sites (N-methyl/N-ethyl adjacent to an activating group) is 1. The van der Waals surface area contributed by atoms with E-state index in [1.807, 2.05) is 25.1 Å². The minimum absolute atomic E-state index is 0.180. The molecule has 1 atom stereocenters. The molecule has 0 spiro atoms. The zero-order valence-corrected chi connectivity index (χ0v) is 12.4. The number of rotatable bonds is 5. The van der Waals surface area contributed by atoms with Gasteiger partial charge in [-0.05, 0) is 38.8 Å². The lowest BCUT2D eigenvalue weighted by Crippen LogP contribution is -2.39. The van der Waals surface area contributed by atoms with E-state index in [1.54, 1.807) is 6.08 Å². The fraction of sp³-hybridized carbons (Fsp3) is 0.800. The van der Waals surface area contributed by atoms with E-state index in [9.17, 15) is 4.79 Å². The highest BCUT2D eigenvalue weighted by atomic mass is 16.2. The Labute approximate surface area is 112 Å². The molecule has 1 aliphatic heterocycles. The Morgan fingerprint density at radius 3 is 2.50 bits per heavy atom. The highest BCUT2D eigenvalue weighted by Gasteiger charge is 2.24. The molecule has 1 saturated heterocycles. The summed E-state index contributed by atoms with van der Waals surface area (Å²) in [6.07, 6.45) is 7.26. The normalized spacial score (nSPS) is 19.7. The molecule has 3 nitrogen and oxygen atoms in total. The minimum atomic E-state index is 0.180. The van der Waals surface area contributed by atoms with Crippen LogP contribution in [-0.2, 0) is 4.79 Å². The third kappa shape index (κ3) is 4.81. The number of carbonyl (C=O) groups is 1. The standard InChI is InChI=1S/C15H28N2O/c1-5-13(2)14-8-11-17(12-9-14)15(18)7-6-10-16(3)4/h6-7,13-14H,5,8-12H2,1-4H3/b7-6+. The van der Waals surface area contributed by atoms with Crippen molar-refractivity contribution >= 4 is 5.91 Å². The fourth-order valence-corrected chi connectivity index (χ4v) is 2.49. The summed E-state index contributed by atoms with van der Waals surface area (Å²) in [6.45, 7) is 7.28. The Bertz CT molecular complexity index is 278. The molecule has 18 heavy (non-hydrogen) atoms. The maximum Gasteiger partial charge on any atom is 0.246 e. The first kappa shape index (κ1) is 15.2. The van der Waals surface area contributed by atoms with Gasteiger partial charge in [-0.3, -0.25) is 4.79 Å². The van der Waals surface area contributed by atoms with E-state index < -0.39 is 0 Å². The third-order valence-electron chi connectivity index (χ3n) is 4.03. The van der Waals surface area contributed by atoms with Crippen molar-refractivity contribution in [3.8, 4) is 0 Å². The molecule has 1 aliphatic rings. The maximum atomic E-state index is 11.9. The molecule has 0 aromatic carbocycles. The van der Waals surface area contributed by atoms with Crippen molar-refractivity contribution in [1.29, 1.82) is 0 Å². The number of piperidine rings is 1. The molecule has 0 radical (unpaired) electrons. The topological polar surface area (TPSA) is 23.6 Å². The van der Waals surface area contributed by atoms with Gasteiger partial charge in [-0.25, -0.2) is 0 Å². The van der Waals surface area contributed by atoms with Gasteiger partial charge >= 0.3 is 0 Å². The number of nitrogens with zero attached hydrogens (tertiary/aromatic N) is 2. The molecule has 0 N–H and O–H groups in total. The van der Waals surface area contributed by atoms with Gasteiger partial charge in [0.05, 0.1) is 0 Å². The molecule has 1 unspecified atom stereocenters. The first-order chi connectivity index (χ1) is 8.54. The smallest absolute Gasteiger partial charge is 0.246 e. The Morgan fingerprint density at radius 1 is 1.39 bits per heavy atom. The van der Waals surface area contributed by atoms with Gasteiger partial charge in [0, 0.05) is 25.7 Å². The Kier molecular flexibility index (Phi) is 6.41. The lowest BCUT2D eigenvalue weighted by Gasteiger charge is -2.34. The van der Waals surface area contributed by atoms with E-state index in [2.05, 4.69) is 18.7 Å². The summed E-state index contributed by atoms with van der Waals surface area (Å²) in [7, 11) is 4.01. The quantitative estimate of drug-likeness (QED) is 0.701. The van der Waals surface area contributed by atoms with Crippen LogP contribution < -0.4 is 0 Å². The van der Waals surface area contributed by atoms with Gasteiger partial charge in [-0.1, -0.05) is 26.3 Å². The van der Waals surface area contributed by atoms with Crippen molar-refractivity contribution in [2.75, 3.05) is 33.7 Å². The first-order valence-electron chi connectivity index (χ1n) is 7.14. The number of likely N-dealkylation sites (tertiary alicyclic amines) is 1. The molecule has 1 fully saturated rings. The van der Waals surface area contributed by atoms with Gasteiger partial charge in [-0.2, -0.15) is 0 Å². The minimum Gasteiger partial charge on any atom is -0.339 e. The second kappa shape index (κ2) is 7.57. The first-order valence-corrected chi connectivity index (χ1v) is 7.14. The maximum absolute atomic E-state index is 11.9. The van der Waals surface area contributed by atoms with E-state index in [0.29, 0.717) is 0 Å². The predicted octanol–water partition coefficient (Wildman–Crippen LogP) is 2.39. The van der Waals surface area contributed by atoms with E-state index in [-0.39, 0.29) is 5.91 Å². The van der Waals surface area contributed by atoms with Crippen LogP contribution in [0.4, 0.5) is 0 Å². The molecule has 1 rings (SSSR count). The largest absolute Gasteiger partial charge is 0.339 e. The van der Waals surface area contributed by atoms with Gasteiger partial charge in [0.1, 0.15) is 0 Å². The second-order valence-corrected chi connectivity index (χ2v) is 5.71. The monoisotopic (exact) mass is 252 g/mol. The molecule has 0 aromatic heterocycles. The summed E-state index contributed by atoms with van der Waals surface area (Å²) in [5, 5.41) is 0. The molecule has 3 heteroatoms. The zero-order valence-electron chi connectivity index (χ0n) is 12.4. The van der Waals surface area contributed by atoms with E-state index in [4.69, 9.17) is 0 Å². The Morgan fingerprint density at radius 2 is 2.00 bits per heavy atom. The highest BCUT2D eigenvalue weighted by Crippen LogP contribution is 2.26. The second-order valence-electron chi connectivity index (χ2n) is 5.71. The molecule has 1 heterocycles. The third-order valence-corrected chi connectivity index (χ3v) is 4.03. The summed E-state index contributed by atoms with van der Waals surface area (Å²) in [6, 6.07) is 0. The van der Waals surface area contributed by atoms with Gasteiger partial charge in [-0.15, -0.1) is 0 Å². The van der Waals surface area contributed by atoms with Crippen LogP contribution in [0.1, 0.15) is 33.1 Å². The van der Waals surface area contributed by atoms with Gasteiger partial charge in [0.2, 0.25) is 5.91 Å². The summed E-state index contributed by atoms with van der Waals surface area (Å²) in [4.78, 5) is 16.0. The number of amides is 1. The fourth-order valence-electron chi connectivity index (χ4n) is 2.49. The predicted molar refractivity (Wildman–Crippen MR) is 76.5 cm³/mol. The summed E-state index contributed by atoms with van der Waals surface area (Å²) in [5.41, 5.74) is 0. The molecule has 104 valence electrons. The Hall–Kier alpha value is -0.830. The number of hydrogen-bond donors (Lipinski definition) is 0. The van der Waals surface area contributed by atoms with E-state index >= 15 is 0 Å². The number of hydrogen-bond acceptors (Lipinski definition) is 2. The van der Waals surface area contributed by atoms with Crippen LogP contribution >= 0.6 is 0 Å². The van der Waals surface area contributed by atoms with E-state index in [1.165, 1.54) is 19.3 Å². The van der Waals surface area contributed by atoms with Crippen LogP contribution in [0.15, 0.2) is 12.2 Å². The van der Waals surface area contributed by atoms with Crippen molar-refractivity contribution < 1.29 is 4.79 Å². The average Bonchev–Trinajstić information content (AvgIpc) is 2.37. The lowest BCUT2D eigenvalue weighted by molar-refractivity contribution is -0.127. The molecular formula is C15H28N2O. The van der Waals surface area contributed by atoms with Crippen molar-refractivity contribution in [3.05, 3.63) is 12.2 Å². The SMILES string of the molecule is CCC(C)C1CCN(C(=O)/C=C/CN(C)C)CC1. The van der Waals surface area contributed by atoms with Crippen molar-refractivity contribution in [3.63, 3.8) is 0 Å². The van der Waals surface area contributed by atoms with Crippen molar-refractivity contribution in [2.24, 2.45) is 11.8 Å². The van der Waals surface area contributed by atoms with Crippen LogP contribution in [0.2, 0.25) is 0 Å². The lowest BCUT2D eigenvalue weighted by atomic mass is 9.84. The number of carbonyl (C=O) groups excluding carboxylic acids is 1. The van der Waals surface area contributed by atoms with Crippen LogP contribution in [0.3, 0.4) is 0 Å². The van der Waals surface area contributed by atoms with E-state index in [0.717, 1.165) is 31.5 Å². The van der Waals surface area contributed by atoms with Gasteiger partial charge < -0.3 is 9.80 Å². The summed E-state index contributed by atoms with van der Waals surface area (Å²) in [5.74, 6) is 1.79. The van der Waals surface area contributed by atoms with Crippen LogP contribution in [0.5, 0.6) is 0 Å². The highest BCUT2D eigenvalue weighted by molar-refractivity contribution is 5.87. The zero-order chi connectivity index (χ0) is 13.5. The van der Waals surface area contributed by atoms with Crippen molar-refractivity contribution in [2.45, 2.75) is 33.1 Å². The average molecular weight is 252 g/mol. The molecule has 0 saturated carbocycles. The summed E-state index contributed by atoms with van der Waals surface area (Å²) >= 11 is 0. The van der Waals surface area contributed by atoms with Gasteiger partial charge in [0.25, 0.3) is 0 Å². The van der Waals surface area contributed by atoms with Crippen molar-refractivity contribution in [1.82, 2.24) is 9.80 Å². The molecule has 0 aromatic rings. The van der Waals surface area contributed by atoms with Crippen LogP contribution in [0.25, 0.3) is 0 Å². The van der Waals surface area contributed by atoms with Gasteiger partial charge in [0.15, 0.2) is 0 Å². The molecule has 0 aliphatic carbocycles. The van der Waals surface area contributed by atoms with Crippen LogP contribution in [0, 0.1) is 11.8 Å².